The van der Waals surface area contributed by atoms with E-state index in [0.717, 1.165) is 17.4 Å². The number of rotatable bonds is 2. The predicted molar refractivity (Wildman–Crippen MR) is 69.6 cm³/mol. The van der Waals surface area contributed by atoms with Crippen molar-refractivity contribution in [3.63, 3.8) is 0 Å². The van der Waals surface area contributed by atoms with Crippen LogP contribution >= 0.6 is 11.6 Å². The topological polar surface area (TPSA) is 9.23 Å². The molecule has 0 N–H and O–H groups in total. The second kappa shape index (κ2) is 4.82. The molecule has 0 fully saturated rings. The number of para-hydroxylation sites is 1. The Kier molecular flexibility index (Phi) is 3.15. The number of ether oxygens (including phenoxy) is 1. The van der Waals surface area contributed by atoms with Crippen molar-refractivity contribution in [3.8, 4) is 5.75 Å². The zero-order valence-corrected chi connectivity index (χ0v) is 10.7. The largest absolute Gasteiger partial charge is 0.493 e. The molecule has 0 aromatic heterocycles. The predicted octanol–water partition coefficient (Wildman–Crippen LogP) is 4.42. The summed E-state index contributed by atoms with van der Waals surface area (Å²) in [7, 11) is 0. The Hall–Kier alpha value is -1.61. The van der Waals surface area contributed by atoms with E-state index < -0.39 is 17.0 Å². The summed E-state index contributed by atoms with van der Waals surface area (Å²) in [6.07, 6.45) is 0. The molecule has 0 aliphatic carbocycles. The van der Waals surface area contributed by atoms with Gasteiger partial charge in [0.15, 0.2) is 0 Å². The summed E-state index contributed by atoms with van der Waals surface area (Å²) in [4.78, 5) is 0. The highest BCUT2D eigenvalue weighted by atomic mass is 35.5. The Balaban J connectivity index is 1.95. The van der Waals surface area contributed by atoms with Crippen LogP contribution in [0, 0.1) is 11.6 Å². The van der Waals surface area contributed by atoms with Crippen molar-refractivity contribution in [2.75, 3.05) is 6.61 Å². The van der Waals surface area contributed by atoms with E-state index in [1.807, 2.05) is 24.3 Å². The average Bonchev–Trinajstić information content (AvgIpc) is 2.82. The smallest absolute Gasteiger partial charge is 0.130 e. The number of fused-ring (bicyclic) bond motifs is 1. The van der Waals surface area contributed by atoms with Crippen molar-refractivity contribution in [1.29, 1.82) is 0 Å². The van der Waals surface area contributed by atoms with Crippen molar-refractivity contribution in [1.82, 2.24) is 0 Å². The van der Waals surface area contributed by atoms with E-state index >= 15 is 0 Å². The molecule has 3 rings (SSSR count). The van der Waals surface area contributed by atoms with Crippen LogP contribution in [0.4, 0.5) is 8.78 Å². The van der Waals surface area contributed by atoms with Crippen molar-refractivity contribution in [2.45, 2.75) is 11.3 Å². The summed E-state index contributed by atoms with van der Waals surface area (Å²) in [5.74, 6) is -0.573. The molecule has 2 aromatic carbocycles. The van der Waals surface area contributed by atoms with E-state index in [1.165, 1.54) is 12.1 Å². The van der Waals surface area contributed by atoms with Gasteiger partial charge in [-0.3, -0.25) is 0 Å². The summed E-state index contributed by atoms with van der Waals surface area (Å²) in [6.45, 7) is 0.407. The fourth-order valence-corrected chi connectivity index (χ4v) is 2.76. The van der Waals surface area contributed by atoms with Gasteiger partial charge in [0, 0.05) is 23.1 Å². The molecule has 0 spiro atoms. The van der Waals surface area contributed by atoms with E-state index in [0.29, 0.717) is 12.2 Å². The molecule has 1 heterocycles. The molecule has 98 valence electrons. The van der Waals surface area contributed by atoms with Gasteiger partial charge in [-0.1, -0.05) is 24.3 Å². The van der Waals surface area contributed by atoms with Crippen molar-refractivity contribution >= 4 is 11.6 Å². The fourth-order valence-electron chi connectivity index (χ4n) is 2.37. The summed E-state index contributed by atoms with van der Waals surface area (Å²) in [5, 5.41) is -0.579. The van der Waals surface area contributed by atoms with Crippen LogP contribution in [-0.2, 0) is 0 Å². The van der Waals surface area contributed by atoms with Crippen molar-refractivity contribution in [2.24, 2.45) is 0 Å². The number of hydrogen-bond donors (Lipinski definition) is 0. The lowest BCUT2D eigenvalue weighted by atomic mass is 9.93. The van der Waals surface area contributed by atoms with Crippen molar-refractivity contribution in [3.05, 3.63) is 65.2 Å². The summed E-state index contributed by atoms with van der Waals surface area (Å²) < 4.78 is 32.2. The van der Waals surface area contributed by atoms with Gasteiger partial charge in [0.05, 0.1) is 12.0 Å². The molecular weight excluding hydrogens is 270 g/mol. The maximum atomic E-state index is 13.8. The van der Waals surface area contributed by atoms with Gasteiger partial charge in [0.25, 0.3) is 0 Å². The summed E-state index contributed by atoms with van der Waals surface area (Å²) in [5.41, 5.74) is 1.26. The van der Waals surface area contributed by atoms with Gasteiger partial charge in [-0.2, -0.15) is 0 Å². The molecule has 1 aliphatic heterocycles. The molecular formula is C15H11ClF2O. The van der Waals surface area contributed by atoms with Crippen LogP contribution in [0.15, 0.2) is 42.5 Å². The van der Waals surface area contributed by atoms with E-state index in [-0.39, 0.29) is 5.92 Å². The molecule has 1 nitrogen and oxygen atoms in total. The van der Waals surface area contributed by atoms with Gasteiger partial charge in [-0.25, -0.2) is 8.78 Å². The fraction of sp³-hybridized carbons (Fsp3) is 0.200. The molecule has 2 atom stereocenters. The Morgan fingerprint density at radius 3 is 2.74 bits per heavy atom. The number of alkyl halides is 1. The standard InChI is InChI=1S/C15H11ClF2O/c16-15(11-6-5-9(17)7-13(11)18)12-8-19-14-4-2-1-3-10(12)14/h1-7,12,15H,8H2. The molecule has 1 aliphatic rings. The van der Waals surface area contributed by atoms with Gasteiger partial charge in [0.2, 0.25) is 0 Å². The molecule has 0 bridgehead atoms. The second-order valence-electron chi connectivity index (χ2n) is 4.52. The third-order valence-electron chi connectivity index (χ3n) is 3.35. The highest BCUT2D eigenvalue weighted by Gasteiger charge is 2.32. The van der Waals surface area contributed by atoms with E-state index in [9.17, 15) is 8.78 Å². The monoisotopic (exact) mass is 280 g/mol. The van der Waals surface area contributed by atoms with Crippen LogP contribution < -0.4 is 4.74 Å². The lowest BCUT2D eigenvalue weighted by molar-refractivity contribution is 0.327. The van der Waals surface area contributed by atoms with Gasteiger partial charge in [0.1, 0.15) is 17.4 Å². The molecule has 0 saturated carbocycles. The first-order valence-electron chi connectivity index (χ1n) is 5.97. The maximum absolute atomic E-state index is 13.8. The molecule has 0 radical (unpaired) electrons. The normalized spacial score (nSPS) is 18.8. The number of hydrogen-bond acceptors (Lipinski definition) is 1. The highest BCUT2D eigenvalue weighted by Crippen LogP contribution is 2.44. The lowest BCUT2D eigenvalue weighted by Gasteiger charge is -2.17. The van der Waals surface area contributed by atoms with Crippen LogP contribution in [-0.4, -0.2) is 6.61 Å². The minimum absolute atomic E-state index is 0.127. The Labute approximate surface area is 114 Å². The Morgan fingerprint density at radius 2 is 1.95 bits per heavy atom. The molecule has 19 heavy (non-hydrogen) atoms. The second-order valence-corrected chi connectivity index (χ2v) is 4.99. The zero-order chi connectivity index (χ0) is 13.4. The van der Waals surface area contributed by atoms with E-state index in [1.54, 1.807) is 0 Å². The molecule has 0 saturated heterocycles. The SMILES string of the molecule is Fc1ccc(C(Cl)C2COc3ccccc32)c(F)c1. The third-order valence-corrected chi connectivity index (χ3v) is 3.89. The first kappa shape index (κ1) is 12.4. The van der Waals surface area contributed by atoms with Crippen LogP contribution in [0.25, 0.3) is 0 Å². The minimum atomic E-state index is -0.621. The number of benzene rings is 2. The van der Waals surface area contributed by atoms with Crippen LogP contribution in [0.5, 0.6) is 5.75 Å². The molecule has 0 amide bonds. The lowest BCUT2D eigenvalue weighted by Crippen LogP contribution is -2.09. The average molecular weight is 281 g/mol. The van der Waals surface area contributed by atoms with Gasteiger partial charge in [-0.15, -0.1) is 11.6 Å². The molecule has 2 unspecified atom stereocenters. The minimum Gasteiger partial charge on any atom is -0.493 e. The molecule has 4 heteroatoms. The summed E-state index contributed by atoms with van der Waals surface area (Å²) >= 11 is 6.36. The maximum Gasteiger partial charge on any atom is 0.130 e. The summed E-state index contributed by atoms with van der Waals surface area (Å²) in [6, 6.07) is 11.0. The molecule has 2 aromatic rings. The van der Waals surface area contributed by atoms with E-state index in [2.05, 4.69) is 0 Å². The third kappa shape index (κ3) is 2.19. The Bertz CT molecular complexity index is 615. The highest BCUT2D eigenvalue weighted by molar-refractivity contribution is 6.21. The first-order valence-corrected chi connectivity index (χ1v) is 6.41. The van der Waals surface area contributed by atoms with E-state index in [4.69, 9.17) is 16.3 Å². The first-order chi connectivity index (χ1) is 9.16. The number of halogens is 3. The zero-order valence-electron chi connectivity index (χ0n) is 9.95. The van der Waals surface area contributed by atoms with Crippen LogP contribution in [0.1, 0.15) is 22.4 Å². The van der Waals surface area contributed by atoms with Crippen LogP contribution in [0.2, 0.25) is 0 Å². The van der Waals surface area contributed by atoms with Gasteiger partial charge in [-0.05, 0) is 12.1 Å². The van der Waals surface area contributed by atoms with Crippen molar-refractivity contribution < 1.29 is 13.5 Å². The quantitative estimate of drug-likeness (QED) is 0.740. The van der Waals surface area contributed by atoms with Gasteiger partial charge < -0.3 is 4.74 Å². The van der Waals surface area contributed by atoms with Gasteiger partial charge >= 0.3 is 0 Å². The van der Waals surface area contributed by atoms with Crippen LogP contribution in [0.3, 0.4) is 0 Å². The Morgan fingerprint density at radius 1 is 1.16 bits per heavy atom.